The van der Waals surface area contributed by atoms with Gasteiger partial charge < -0.3 is 4.74 Å². The second kappa shape index (κ2) is 4.67. The van der Waals surface area contributed by atoms with Gasteiger partial charge in [0.2, 0.25) is 0 Å². The van der Waals surface area contributed by atoms with Gasteiger partial charge in [0.25, 0.3) is 0 Å². The van der Waals surface area contributed by atoms with E-state index in [1.807, 2.05) is 0 Å². The number of hydrogen-bond acceptors (Lipinski definition) is 3. The predicted octanol–water partition coefficient (Wildman–Crippen LogP) is 2.83. The molecule has 3 nitrogen and oxygen atoms in total. The molecule has 0 N–H and O–H groups in total. The molecule has 0 saturated heterocycles. The number of hydrogen-bond donors (Lipinski definition) is 0. The fourth-order valence-electron chi connectivity index (χ4n) is 3.62. The van der Waals surface area contributed by atoms with Gasteiger partial charge in [0.15, 0.2) is 0 Å². The topological polar surface area (TPSA) is 43.4 Å². The Labute approximate surface area is 109 Å². The van der Waals surface area contributed by atoms with Gasteiger partial charge in [-0.1, -0.05) is 20.8 Å². The van der Waals surface area contributed by atoms with E-state index in [0.717, 1.165) is 12.8 Å². The van der Waals surface area contributed by atoms with Gasteiger partial charge in [0.05, 0.1) is 13.0 Å². The number of esters is 1. The summed E-state index contributed by atoms with van der Waals surface area (Å²) < 4.78 is 4.83. The lowest BCUT2D eigenvalue weighted by atomic mass is 9.59. The highest BCUT2D eigenvalue weighted by atomic mass is 16.5. The maximum absolute atomic E-state index is 12.2. The van der Waals surface area contributed by atoms with Crippen molar-refractivity contribution in [3.8, 4) is 0 Å². The summed E-state index contributed by atoms with van der Waals surface area (Å²) in [5.41, 5.74) is 0.259. The number of ether oxygens (including phenoxy) is 1. The van der Waals surface area contributed by atoms with Crippen molar-refractivity contribution >= 4 is 11.8 Å². The highest BCUT2D eigenvalue weighted by Crippen LogP contribution is 2.48. The Morgan fingerprint density at radius 1 is 1.11 bits per heavy atom. The molecule has 2 unspecified atom stereocenters. The minimum atomic E-state index is -0.133. The third-order valence-corrected chi connectivity index (χ3v) is 4.84. The normalized spacial score (nSPS) is 36.3. The summed E-state index contributed by atoms with van der Waals surface area (Å²) >= 11 is 0. The zero-order valence-corrected chi connectivity index (χ0v) is 11.9. The van der Waals surface area contributed by atoms with Gasteiger partial charge >= 0.3 is 5.97 Å². The Hall–Kier alpha value is -0.860. The van der Waals surface area contributed by atoms with Crippen LogP contribution < -0.4 is 0 Å². The average Bonchev–Trinajstić information content (AvgIpc) is 2.26. The molecule has 0 amide bonds. The second-order valence-corrected chi connectivity index (χ2v) is 7.02. The number of fused-ring (bicyclic) bond motifs is 2. The van der Waals surface area contributed by atoms with Gasteiger partial charge in [0, 0.05) is 11.8 Å². The van der Waals surface area contributed by atoms with Gasteiger partial charge in [-0.2, -0.15) is 0 Å². The highest BCUT2D eigenvalue weighted by Gasteiger charge is 2.46. The van der Waals surface area contributed by atoms with E-state index >= 15 is 0 Å². The van der Waals surface area contributed by atoms with E-state index < -0.39 is 0 Å². The molecule has 18 heavy (non-hydrogen) atoms. The molecule has 0 aromatic heterocycles. The quantitative estimate of drug-likeness (QED) is 0.674. The van der Waals surface area contributed by atoms with E-state index in [9.17, 15) is 9.59 Å². The van der Waals surface area contributed by atoms with Crippen molar-refractivity contribution in [1.82, 2.24) is 0 Å². The molecule has 2 saturated carbocycles. The van der Waals surface area contributed by atoms with Gasteiger partial charge in [-0.15, -0.1) is 0 Å². The number of carbonyl (C=O) groups is 2. The van der Waals surface area contributed by atoms with Crippen LogP contribution in [0.2, 0.25) is 0 Å². The molecule has 2 aliphatic carbocycles. The minimum Gasteiger partial charge on any atom is -0.469 e. The van der Waals surface area contributed by atoms with E-state index in [4.69, 9.17) is 4.74 Å². The first-order valence-corrected chi connectivity index (χ1v) is 6.94. The molecule has 0 aromatic carbocycles. The molecule has 2 fully saturated rings. The number of rotatable bonds is 1. The van der Waals surface area contributed by atoms with Crippen LogP contribution in [0.5, 0.6) is 0 Å². The predicted molar refractivity (Wildman–Crippen MR) is 68.9 cm³/mol. The summed E-state index contributed by atoms with van der Waals surface area (Å²) in [7, 11) is 1.44. The van der Waals surface area contributed by atoms with Gasteiger partial charge in [-0.05, 0) is 37.0 Å². The summed E-state index contributed by atoms with van der Waals surface area (Å²) in [5.74, 6) is 0.992. The average molecular weight is 252 g/mol. The maximum Gasteiger partial charge on any atom is 0.308 e. The highest BCUT2D eigenvalue weighted by molar-refractivity contribution is 5.87. The van der Waals surface area contributed by atoms with E-state index in [0.29, 0.717) is 24.5 Å². The Bertz CT molecular complexity index is 335. The van der Waals surface area contributed by atoms with Crippen LogP contribution in [0, 0.1) is 29.1 Å². The Morgan fingerprint density at radius 3 is 2.00 bits per heavy atom. The van der Waals surface area contributed by atoms with Crippen LogP contribution in [0.3, 0.4) is 0 Å². The Morgan fingerprint density at radius 2 is 1.61 bits per heavy atom. The summed E-state index contributed by atoms with van der Waals surface area (Å²) in [5, 5.41) is 0. The third-order valence-electron chi connectivity index (χ3n) is 4.84. The molecule has 2 bridgehead atoms. The standard InChI is InChI=1S/C15H24O3/c1-15(2,3)12-7-9-5-11(14(17)18-4)6-10(8-12)13(9)16/h9-12H,5-8H2,1-4H3/t9-,10+,11?,12?. The van der Waals surface area contributed by atoms with Crippen LogP contribution in [0.25, 0.3) is 0 Å². The molecule has 0 spiro atoms. The van der Waals surface area contributed by atoms with Crippen molar-refractivity contribution in [3.63, 3.8) is 0 Å². The molecule has 4 atom stereocenters. The summed E-state index contributed by atoms with van der Waals surface area (Å²) in [6, 6.07) is 0. The van der Waals surface area contributed by atoms with Crippen LogP contribution in [0.15, 0.2) is 0 Å². The van der Waals surface area contributed by atoms with E-state index in [2.05, 4.69) is 20.8 Å². The molecule has 102 valence electrons. The zero-order chi connectivity index (χ0) is 13.5. The van der Waals surface area contributed by atoms with Gasteiger partial charge in [0.1, 0.15) is 5.78 Å². The maximum atomic E-state index is 12.2. The SMILES string of the molecule is COC(=O)C1C[C@@H]2CC(C(C)(C)C)C[C@H](C1)C2=O. The number of methoxy groups -OCH3 is 1. The van der Waals surface area contributed by atoms with Crippen molar-refractivity contribution in [2.24, 2.45) is 29.1 Å². The van der Waals surface area contributed by atoms with Crippen molar-refractivity contribution < 1.29 is 14.3 Å². The Kier molecular flexibility index (Phi) is 3.52. The van der Waals surface area contributed by atoms with E-state index in [1.54, 1.807) is 0 Å². The molecule has 2 aliphatic rings. The molecule has 0 aromatic rings. The number of carbonyl (C=O) groups excluding carboxylic acids is 2. The van der Waals surface area contributed by atoms with E-state index in [1.165, 1.54) is 7.11 Å². The van der Waals surface area contributed by atoms with E-state index in [-0.39, 0.29) is 29.1 Å². The summed E-state index contributed by atoms with van der Waals surface area (Å²) in [4.78, 5) is 23.8. The summed E-state index contributed by atoms with van der Waals surface area (Å²) in [6.45, 7) is 6.75. The molecule has 0 aliphatic heterocycles. The van der Waals surface area contributed by atoms with Crippen LogP contribution in [-0.4, -0.2) is 18.9 Å². The summed E-state index contributed by atoms with van der Waals surface area (Å²) in [6.07, 6.45) is 3.31. The second-order valence-electron chi connectivity index (χ2n) is 7.02. The monoisotopic (exact) mass is 252 g/mol. The first-order chi connectivity index (χ1) is 8.32. The van der Waals surface area contributed by atoms with Crippen molar-refractivity contribution in [3.05, 3.63) is 0 Å². The molecule has 0 radical (unpaired) electrons. The van der Waals surface area contributed by atoms with Gasteiger partial charge in [-0.25, -0.2) is 0 Å². The van der Waals surface area contributed by atoms with Crippen LogP contribution >= 0.6 is 0 Å². The molecule has 0 heterocycles. The van der Waals surface area contributed by atoms with Crippen molar-refractivity contribution in [1.29, 1.82) is 0 Å². The lowest BCUT2D eigenvalue weighted by molar-refractivity contribution is -0.152. The molecule has 3 heteroatoms. The van der Waals surface area contributed by atoms with Crippen LogP contribution in [0.4, 0.5) is 0 Å². The minimum absolute atomic E-state index is 0.0522. The number of ketones is 1. The van der Waals surface area contributed by atoms with Crippen molar-refractivity contribution in [2.75, 3.05) is 7.11 Å². The smallest absolute Gasteiger partial charge is 0.308 e. The Balaban J connectivity index is 2.11. The molecule has 2 rings (SSSR count). The fraction of sp³-hybridized carbons (Fsp3) is 0.867. The zero-order valence-electron chi connectivity index (χ0n) is 11.9. The lowest BCUT2D eigenvalue weighted by Crippen LogP contribution is -2.44. The lowest BCUT2D eigenvalue weighted by Gasteiger charge is -2.44. The first-order valence-electron chi connectivity index (χ1n) is 6.94. The first kappa shape index (κ1) is 13.6. The fourth-order valence-corrected chi connectivity index (χ4v) is 3.62. The van der Waals surface area contributed by atoms with Crippen LogP contribution in [-0.2, 0) is 14.3 Å². The van der Waals surface area contributed by atoms with Gasteiger partial charge in [-0.3, -0.25) is 9.59 Å². The third kappa shape index (κ3) is 2.45. The van der Waals surface area contributed by atoms with Crippen LogP contribution in [0.1, 0.15) is 46.5 Å². The van der Waals surface area contributed by atoms with Crippen molar-refractivity contribution in [2.45, 2.75) is 46.5 Å². The number of Topliss-reactive ketones (excluding diaryl/α,β-unsaturated/α-hetero) is 1. The largest absolute Gasteiger partial charge is 0.469 e. The molecular formula is C15H24O3. The molecular weight excluding hydrogens is 228 g/mol.